The Balaban J connectivity index is 2.46. The summed E-state index contributed by atoms with van der Waals surface area (Å²) < 4.78 is 5.44. The van der Waals surface area contributed by atoms with Crippen molar-refractivity contribution in [2.45, 2.75) is 26.1 Å². The fraction of sp³-hybridized carbons (Fsp3) is 0.294. The lowest BCUT2D eigenvalue weighted by Crippen LogP contribution is -2.00. The van der Waals surface area contributed by atoms with Crippen molar-refractivity contribution < 1.29 is 4.74 Å². The van der Waals surface area contributed by atoms with E-state index in [2.05, 4.69) is 19.9 Å². The van der Waals surface area contributed by atoms with E-state index in [1.165, 1.54) is 11.1 Å². The summed E-state index contributed by atoms with van der Waals surface area (Å²) in [6, 6.07) is 9.59. The van der Waals surface area contributed by atoms with Gasteiger partial charge in [0.15, 0.2) is 0 Å². The van der Waals surface area contributed by atoms with Crippen molar-refractivity contribution >= 4 is 34.8 Å². The molecule has 0 amide bonds. The molecule has 0 heterocycles. The molecule has 0 radical (unpaired) electrons. The molecule has 1 unspecified atom stereocenters. The van der Waals surface area contributed by atoms with Crippen molar-refractivity contribution in [3.05, 3.63) is 62.6 Å². The number of ether oxygens (including phenoxy) is 1. The number of alkyl halides is 1. The highest BCUT2D eigenvalue weighted by molar-refractivity contribution is 6.36. The molecular weight excluding hydrogens is 327 g/mol. The molecule has 2 aromatic carbocycles. The summed E-state index contributed by atoms with van der Waals surface area (Å²) in [5.74, 6) is 0.581. The Morgan fingerprint density at radius 3 is 2.43 bits per heavy atom. The van der Waals surface area contributed by atoms with Gasteiger partial charge in [-0.15, -0.1) is 11.6 Å². The number of rotatable bonds is 4. The monoisotopic (exact) mass is 342 g/mol. The zero-order valence-corrected chi connectivity index (χ0v) is 14.5. The van der Waals surface area contributed by atoms with Crippen LogP contribution in [-0.2, 0) is 0 Å². The van der Waals surface area contributed by atoms with Gasteiger partial charge in [0, 0.05) is 11.1 Å². The largest absolute Gasteiger partial charge is 0.492 e. The molecule has 0 aliphatic heterocycles. The minimum atomic E-state index is -0.342. The first-order valence-corrected chi connectivity index (χ1v) is 7.96. The van der Waals surface area contributed by atoms with E-state index in [1.54, 1.807) is 12.1 Å². The Morgan fingerprint density at radius 1 is 1.05 bits per heavy atom. The maximum Gasteiger partial charge on any atom is 0.139 e. The van der Waals surface area contributed by atoms with Gasteiger partial charge in [0.1, 0.15) is 5.75 Å². The minimum absolute atomic E-state index is 0.342. The zero-order valence-electron chi connectivity index (χ0n) is 12.2. The average Bonchev–Trinajstić information content (AvgIpc) is 2.45. The molecule has 2 rings (SSSR count). The molecule has 0 fully saturated rings. The smallest absolute Gasteiger partial charge is 0.139 e. The summed E-state index contributed by atoms with van der Waals surface area (Å²) in [5, 5.41) is 0.738. The first-order valence-electron chi connectivity index (χ1n) is 6.77. The molecule has 0 aliphatic carbocycles. The van der Waals surface area contributed by atoms with Gasteiger partial charge in [-0.25, -0.2) is 0 Å². The second kappa shape index (κ2) is 6.91. The fourth-order valence-corrected chi connectivity index (χ4v) is 3.18. The van der Waals surface area contributed by atoms with Crippen LogP contribution in [0.15, 0.2) is 30.3 Å². The van der Waals surface area contributed by atoms with Crippen LogP contribution in [0.4, 0.5) is 0 Å². The molecule has 0 aliphatic rings. The lowest BCUT2D eigenvalue weighted by molar-refractivity contribution is 0.340. The minimum Gasteiger partial charge on any atom is -0.492 e. The number of hydrogen-bond donors (Lipinski definition) is 0. The van der Waals surface area contributed by atoms with Gasteiger partial charge in [-0.05, 0) is 49.1 Å². The van der Waals surface area contributed by atoms with Gasteiger partial charge < -0.3 is 4.74 Å². The molecule has 112 valence electrons. The van der Waals surface area contributed by atoms with Gasteiger partial charge in [0.25, 0.3) is 0 Å². The Morgan fingerprint density at radius 2 is 1.76 bits per heavy atom. The molecule has 1 atom stereocenters. The summed E-state index contributed by atoms with van der Waals surface area (Å²) in [6.07, 6.45) is 0. The van der Waals surface area contributed by atoms with Crippen molar-refractivity contribution in [2.75, 3.05) is 6.61 Å². The molecule has 0 N–H and O–H groups in total. The molecule has 0 aromatic heterocycles. The standard InChI is InChI=1S/C17H17Cl3O/c1-4-21-16-9-14(18)13(8-15(16)19)17(20)12-7-5-6-10(2)11(12)3/h5-9,17H,4H2,1-3H3. The third-order valence-electron chi connectivity index (χ3n) is 3.54. The van der Waals surface area contributed by atoms with Crippen molar-refractivity contribution in [1.82, 2.24) is 0 Å². The molecule has 1 nitrogen and oxygen atoms in total. The Labute approximate surface area is 140 Å². The first kappa shape index (κ1) is 16.5. The predicted octanol–water partition coefficient (Wildman–Crippen LogP) is 6.34. The van der Waals surface area contributed by atoms with E-state index in [-0.39, 0.29) is 5.38 Å². The maximum absolute atomic E-state index is 6.63. The molecule has 0 bridgehead atoms. The Bertz CT molecular complexity index is 653. The van der Waals surface area contributed by atoms with Gasteiger partial charge in [-0.2, -0.15) is 0 Å². The maximum atomic E-state index is 6.63. The van der Waals surface area contributed by atoms with Crippen molar-refractivity contribution in [1.29, 1.82) is 0 Å². The van der Waals surface area contributed by atoms with E-state index in [4.69, 9.17) is 39.5 Å². The van der Waals surface area contributed by atoms with E-state index in [9.17, 15) is 0 Å². The molecule has 0 saturated carbocycles. The number of halogens is 3. The second-order valence-corrected chi connectivity index (χ2v) is 6.14. The molecule has 2 aromatic rings. The molecule has 0 saturated heterocycles. The van der Waals surface area contributed by atoms with Crippen LogP contribution in [0.25, 0.3) is 0 Å². The van der Waals surface area contributed by atoms with Crippen molar-refractivity contribution in [3.63, 3.8) is 0 Å². The third kappa shape index (κ3) is 3.48. The molecule has 0 spiro atoms. The van der Waals surface area contributed by atoms with Gasteiger partial charge in [0.05, 0.1) is 17.0 Å². The van der Waals surface area contributed by atoms with Crippen LogP contribution in [0.3, 0.4) is 0 Å². The summed E-state index contributed by atoms with van der Waals surface area (Å²) in [7, 11) is 0. The summed E-state index contributed by atoms with van der Waals surface area (Å²) >= 11 is 19.2. The van der Waals surface area contributed by atoms with Crippen LogP contribution in [0, 0.1) is 13.8 Å². The van der Waals surface area contributed by atoms with Crippen LogP contribution in [0.2, 0.25) is 10.0 Å². The highest BCUT2D eigenvalue weighted by atomic mass is 35.5. The zero-order chi connectivity index (χ0) is 15.6. The third-order valence-corrected chi connectivity index (χ3v) is 4.64. The quantitative estimate of drug-likeness (QED) is 0.589. The number of benzene rings is 2. The predicted molar refractivity (Wildman–Crippen MR) is 91.2 cm³/mol. The Hall–Kier alpha value is -0.890. The van der Waals surface area contributed by atoms with Crippen LogP contribution in [0.1, 0.15) is 34.6 Å². The van der Waals surface area contributed by atoms with E-state index < -0.39 is 0 Å². The van der Waals surface area contributed by atoms with Crippen molar-refractivity contribution in [2.24, 2.45) is 0 Å². The first-order chi connectivity index (χ1) is 9.95. The number of hydrogen-bond acceptors (Lipinski definition) is 1. The highest BCUT2D eigenvalue weighted by Crippen LogP contribution is 2.40. The van der Waals surface area contributed by atoms with E-state index >= 15 is 0 Å². The average molecular weight is 344 g/mol. The normalized spacial score (nSPS) is 12.3. The lowest BCUT2D eigenvalue weighted by Gasteiger charge is -2.17. The van der Waals surface area contributed by atoms with E-state index in [0.717, 1.165) is 11.1 Å². The van der Waals surface area contributed by atoms with Crippen LogP contribution in [-0.4, -0.2) is 6.61 Å². The SMILES string of the molecule is CCOc1cc(Cl)c(C(Cl)c2cccc(C)c2C)cc1Cl. The highest BCUT2D eigenvalue weighted by Gasteiger charge is 2.19. The van der Waals surface area contributed by atoms with Crippen LogP contribution in [0.5, 0.6) is 5.75 Å². The van der Waals surface area contributed by atoms with Crippen LogP contribution >= 0.6 is 34.8 Å². The fourth-order valence-electron chi connectivity index (χ4n) is 2.22. The van der Waals surface area contributed by atoms with Gasteiger partial charge in [-0.1, -0.05) is 41.4 Å². The second-order valence-electron chi connectivity index (χ2n) is 4.89. The lowest BCUT2D eigenvalue weighted by atomic mass is 9.97. The molecular formula is C17H17Cl3O. The van der Waals surface area contributed by atoms with Gasteiger partial charge >= 0.3 is 0 Å². The summed E-state index contributed by atoms with van der Waals surface area (Å²) in [4.78, 5) is 0. The van der Waals surface area contributed by atoms with E-state index in [1.807, 2.05) is 19.1 Å². The van der Waals surface area contributed by atoms with Crippen molar-refractivity contribution in [3.8, 4) is 5.75 Å². The van der Waals surface area contributed by atoms with E-state index in [0.29, 0.717) is 22.4 Å². The topological polar surface area (TPSA) is 9.23 Å². The van der Waals surface area contributed by atoms with Gasteiger partial charge in [0.2, 0.25) is 0 Å². The number of aryl methyl sites for hydroxylation is 1. The summed E-state index contributed by atoms with van der Waals surface area (Å²) in [5.41, 5.74) is 4.20. The Kier molecular flexibility index (Phi) is 5.43. The molecule has 21 heavy (non-hydrogen) atoms. The van der Waals surface area contributed by atoms with Gasteiger partial charge in [-0.3, -0.25) is 0 Å². The van der Waals surface area contributed by atoms with Crippen LogP contribution < -0.4 is 4.74 Å². The molecule has 4 heteroatoms. The summed E-state index contributed by atoms with van der Waals surface area (Å²) in [6.45, 7) is 6.56.